The Labute approximate surface area is 180 Å². The largest absolute Gasteiger partial charge is 0.486 e. The van der Waals surface area contributed by atoms with E-state index in [4.69, 9.17) is 9.15 Å². The second-order valence-electron chi connectivity index (χ2n) is 6.99. The molecule has 3 heterocycles. The third kappa shape index (κ3) is 4.90. The molecule has 3 aromatic heterocycles. The molecule has 0 aliphatic carbocycles. The van der Waals surface area contributed by atoms with Gasteiger partial charge in [-0.1, -0.05) is 6.07 Å². The van der Waals surface area contributed by atoms with Crippen LogP contribution in [0.2, 0.25) is 0 Å². The normalized spacial score (nSPS) is 11.0. The highest BCUT2D eigenvalue weighted by atomic mass is 16.5. The molecule has 0 saturated heterocycles. The number of pyridine rings is 1. The second-order valence-corrected chi connectivity index (χ2v) is 6.99. The average Bonchev–Trinajstić information content (AvgIpc) is 3.40. The number of aromatic nitrogens is 2. The van der Waals surface area contributed by atoms with Crippen LogP contribution < -0.4 is 10.2 Å². The summed E-state index contributed by atoms with van der Waals surface area (Å²) in [5.41, 5.74) is 6.65. The van der Waals surface area contributed by atoms with Crippen molar-refractivity contribution in [3.63, 3.8) is 0 Å². The summed E-state index contributed by atoms with van der Waals surface area (Å²) in [5, 5.41) is 3.90. The van der Waals surface area contributed by atoms with Gasteiger partial charge in [0.1, 0.15) is 18.1 Å². The van der Waals surface area contributed by atoms with E-state index in [1.165, 1.54) is 17.6 Å². The lowest BCUT2D eigenvalue weighted by molar-refractivity contribution is 0.0923. The van der Waals surface area contributed by atoms with E-state index in [0.29, 0.717) is 5.76 Å². The van der Waals surface area contributed by atoms with Crippen molar-refractivity contribution in [2.45, 2.75) is 20.5 Å². The summed E-state index contributed by atoms with van der Waals surface area (Å²) >= 11 is 0. The molecule has 0 aliphatic rings. The maximum absolute atomic E-state index is 12.2. The molecule has 31 heavy (non-hydrogen) atoms. The zero-order valence-corrected chi connectivity index (χ0v) is 17.3. The summed E-state index contributed by atoms with van der Waals surface area (Å²) in [4.78, 5) is 16.1. The van der Waals surface area contributed by atoms with E-state index in [-0.39, 0.29) is 12.4 Å². The number of hydrogen-bond donors (Lipinski definition) is 1. The molecule has 0 fully saturated rings. The van der Waals surface area contributed by atoms with Crippen LogP contribution in [-0.4, -0.2) is 21.7 Å². The van der Waals surface area contributed by atoms with Crippen LogP contribution in [0.5, 0.6) is 5.75 Å². The summed E-state index contributed by atoms with van der Waals surface area (Å²) in [6, 6.07) is 19.0. The molecule has 1 N–H and O–H groups in total. The first-order chi connectivity index (χ1) is 15.1. The topological polar surface area (TPSA) is 81.6 Å². The molecule has 0 spiro atoms. The number of carbonyl (C=O) groups excluding carboxylic acids is 1. The summed E-state index contributed by atoms with van der Waals surface area (Å²) in [6.07, 6.45) is 4.82. The van der Waals surface area contributed by atoms with Crippen LogP contribution in [0.1, 0.15) is 33.3 Å². The number of ether oxygens (including phenoxy) is 1. The van der Waals surface area contributed by atoms with Crippen molar-refractivity contribution in [2.75, 3.05) is 0 Å². The Balaban J connectivity index is 1.32. The molecule has 7 nitrogen and oxygen atoms in total. The molecule has 1 amide bonds. The van der Waals surface area contributed by atoms with Gasteiger partial charge in [0.25, 0.3) is 0 Å². The molecular weight excluding hydrogens is 392 g/mol. The third-order valence-electron chi connectivity index (χ3n) is 4.70. The summed E-state index contributed by atoms with van der Waals surface area (Å²) < 4.78 is 13.5. The molecule has 4 aromatic rings. The lowest BCUT2D eigenvalue weighted by Crippen LogP contribution is -2.16. The quantitative estimate of drug-likeness (QED) is 0.358. The molecule has 0 aliphatic heterocycles. The Bertz CT molecular complexity index is 1170. The van der Waals surface area contributed by atoms with Crippen LogP contribution >= 0.6 is 0 Å². The van der Waals surface area contributed by atoms with Gasteiger partial charge in [-0.15, -0.1) is 0 Å². The highest BCUT2D eigenvalue weighted by Crippen LogP contribution is 2.20. The molecule has 1 aromatic carbocycles. The second kappa shape index (κ2) is 9.13. The van der Waals surface area contributed by atoms with Crippen LogP contribution in [0.3, 0.4) is 0 Å². The van der Waals surface area contributed by atoms with E-state index in [0.717, 1.165) is 17.0 Å². The number of rotatable bonds is 7. The lowest BCUT2D eigenvalue weighted by Gasteiger charge is -2.10. The van der Waals surface area contributed by atoms with Crippen molar-refractivity contribution < 1.29 is 13.9 Å². The Morgan fingerprint density at radius 1 is 1.10 bits per heavy atom. The highest BCUT2D eigenvalue weighted by Gasteiger charge is 2.11. The summed E-state index contributed by atoms with van der Waals surface area (Å²) in [7, 11) is 0. The van der Waals surface area contributed by atoms with Gasteiger partial charge in [0.2, 0.25) is 0 Å². The Morgan fingerprint density at radius 3 is 2.58 bits per heavy atom. The standard InChI is InChI=1S/C24H22N4O3/c1-17-5-6-18(2)28(17)20-7-9-21(10-8-20)30-16-22-11-12-23(31-22)24(29)27-26-15-19-4-3-13-25-14-19/h3-15H,16H2,1-2H3,(H,27,29)/b26-15+. The molecule has 0 atom stereocenters. The number of carbonyl (C=O) groups is 1. The van der Waals surface area contributed by atoms with Crippen LogP contribution in [0, 0.1) is 13.8 Å². The fraction of sp³-hybridized carbons (Fsp3) is 0.125. The van der Waals surface area contributed by atoms with Crippen molar-refractivity contribution in [3.8, 4) is 11.4 Å². The third-order valence-corrected chi connectivity index (χ3v) is 4.70. The predicted octanol–water partition coefficient (Wildman–Crippen LogP) is 4.43. The van der Waals surface area contributed by atoms with Crippen molar-refractivity contribution >= 4 is 12.1 Å². The van der Waals surface area contributed by atoms with Gasteiger partial charge in [-0.2, -0.15) is 5.10 Å². The SMILES string of the molecule is Cc1ccc(C)n1-c1ccc(OCc2ccc(C(=O)N/N=C/c3cccnc3)o2)cc1. The van der Waals surface area contributed by atoms with Gasteiger partial charge in [0, 0.05) is 35.0 Å². The molecule has 0 unspecified atom stereocenters. The van der Waals surface area contributed by atoms with Crippen LogP contribution in [0.25, 0.3) is 5.69 Å². The molecule has 156 valence electrons. The number of hydrogen-bond acceptors (Lipinski definition) is 5. The maximum atomic E-state index is 12.2. The number of amides is 1. The zero-order chi connectivity index (χ0) is 21.6. The van der Waals surface area contributed by atoms with Crippen molar-refractivity contribution in [2.24, 2.45) is 5.10 Å². The van der Waals surface area contributed by atoms with Gasteiger partial charge in [-0.05, 0) is 68.4 Å². The minimum atomic E-state index is -0.437. The van der Waals surface area contributed by atoms with E-state index < -0.39 is 5.91 Å². The predicted molar refractivity (Wildman–Crippen MR) is 118 cm³/mol. The van der Waals surface area contributed by atoms with Gasteiger partial charge in [0.15, 0.2) is 5.76 Å². The van der Waals surface area contributed by atoms with E-state index in [2.05, 4.69) is 46.1 Å². The molecule has 4 rings (SSSR count). The first kappa shape index (κ1) is 20.2. The zero-order valence-electron chi connectivity index (χ0n) is 17.3. The summed E-state index contributed by atoms with van der Waals surface area (Å²) in [6.45, 7) is 4.37. The maximum Gasteiger partial charge on any atom is 0.307 e. The molecule has 0 radical (unpaired) electrons. The van der Waals surface area contributed by atoms with Gasteiger partial charge in [-0.25, -0.2) is 5.43 Å². The van der Waals surface area contributed by atoms with Crippen molar-refractivity contribution in [1.29, 1.82) is 0 Å². The summed E-state index contributed by atoms with van der Waals surface area (Å²) in [5.74, 6) is 0.987. The Hall–Kier alpha value is -4.13. The lowest BCUT2D eigenvalue weighted by atomic mass is 10.3. The number of furan rings is 1. The number of nitrogens with zero attached hydrogens (tertiary/aromatic N) is 3. The fourth-order valence-electron chi connectivity index (χ4n) is 3.17. The van der Waals surface area contributed by atoms with Crippen molar-refractivity contribution in [1.82, 2.24) is 15.0 Å². The average molecular weight is 414 g/mol. The van der Waals surface area contributed by atoms with Crippen molar-refractivity contribution in [3.05, 3.63) is 102 Å². The number of aryl methyl sites for hydroxylation is 2. The first-order valence-corrected chi connectivity index (χ1v) is 9.80. The molecular formula is C24H22N4O3. The van der Waals surface area contributed by atoms with Gasteiger partial charge in [0.05, 0.1) is 6.21 Å². The van der Waals surface area contributed by atoms with E-state index in [1.807, 2.05) is 30.3 Å². The van der Waals surface area contributed by atoms with Crippen LogP contribution in [-0.2, 0) is 6.61 Å². The number of nitrogens with one attached hydrogen (secondary N) is 1. The first-order valence-electron chi connectivity index (χ1n) is 9.80. The van der Waals surface area contributed by atoms with E-state index in [9.17, 15) is 4.79 Å². The van der Waals surface area contributed by atoms with Gasteiger partial charge in [-0.3, -0.25) is 9.78 Å². The Morgan fingerprint density at radius 2 is 1.87 bits per heavy atom. The molecule has 0 bridgehead atoms. The smallest absolute Gasteiger partial charge is 0.307 e. The van der Waals surface area contributed by atoms with Crippen LogP contribution in [0.4, 0.5) is 0 Å². The monoisotopic (exact) mass is 414 g/mol. The number of benzene rings is 1. The van der Waals surface area contributed by atoms with Crippen LogP contribution in [0.15, 0.2) is 82.6 Å². The minimum absolute atomic E-state index is 0.163. The minimum Gasteiger partial charge on any atom is -0.486 e. The molecule has 7 heteroatoms. The molecule has 0 saturated carbocycles. The number of hydrazone groups is 1. The van der Waals surface area contributed by atoms with Gasteiger partial charge < -0.3 is 13.7 Å². The highest BCUT2D eigenvalue weighted by molar-refractivity contribution is 5.92. The van der Waals surface area contributed by atoms with Gasteiger partial charge >= 0.3 is 5.91 Å². The fourth-order valence-corrected chi connectivity index (χ4v) is 3.17. The van der Waals surface area contributed by atoms with E-state index >= 15 is 0 Å². The van der Waals surface area contributed by atoms with E-state index in [1.54, 1.807) is 30.6 Å². The Kier molecular flexibility index (Phi) is 5.93.